The van der Waals surface area contributed by atoms with Gasteiger partial charge in [0.1, 0.15) is 10.8 Å². The van der Waals surface area contributed by atoms with E-state index < -0.39 is 0 Å². The van der Waals surface area contributed by atoms with Gasteiger partial charge in [0, 0.05) is 15.5 Å². The van der Waals surface area contributed by atoms with Crippen LogP contribution >= 0.6 is 22.9 Å². The highest BCUT2D eigenvalue weighted by Crippen LogP contribution is 2.34. The summed E-state index contributed by atoms with van der Waals surface area (Å²) in [6, 6.07) is 4.49. The summed E-state index contributed by atoms with van der Waals surface area (Å²) in [5, 5.41) is 4.84. The molecule has 112 valence electrons. The first-order valence-electron chi connectivity index (χ1n) is 7.36. The molecule has 2 nitrogen and oxygen atoms in total. The fourth-order valence-electron chi connectivity index (χ4n) is 2.77. The van der Waals surface area contributed by atoms with Crippen LogP contribution in [0.1, 0.15) is 46.9 Å². The number of hydrogen-bond acceptors (Lipinski definition) is 3. The predicted octanol–water partition coefficient (Wildman–Crippen LogP) is 4.51. The lowest BCUT2D eigenvalue weighted by atomic mass is 10.0. The second kappa shape index (κ2) is 6.42. The van der Waals surface area contributed by atoms with E-state index in [0.29, 0.717) is 10.6 Å². The van der Waals surface area contributed by atoms with Crippen LogP contribution in [0, 0.1) is 5.82 Å². The molecule has 2 aromatic rings. The Labute approximate surface area is 133 Å². The third-order valence-electron chi connectivity index (χ3n) is 3.79. The van der Waals surface area contributed by atoms with Gasteiger partial charge >= 0.3 is 0 Å². The van der Waals surface area contributed by atoms with Gasteiger partial charge in [0.2, 0.25) is 0 Å². The van der Waals surface area contributed by atoms with Gasteiger partial charge in [0.25, 0.3) is 0 Å². The summed E-state index contributed by atoms with van der Waals surface area (Å²) in [4.78, 5) is 6.13. The highest BCUT2D eigenvalue weighted by atomic mass is 35.5. The van der Waals surface area contributed by atoms with E-state index in [1.54, 1.807) is 23.5 Å². The van der Waals surface area contributed by atoms with E-state index >= 15 is 0 Å². The van der Waals surface area contributed by atoms with Gasteiger partial charge in [-0.3, -0.25) is 0 Å². The summed E-state index contributed by atoms with van der Waals surface area (Å²) >= 11 is 7.75. The number of aryl methyl sites for hydroxylation is 2. The second-order valence-corrected chi connectivity index (χ2v) is 6.84. The summed E-state index contributed by atoms with van der Waals surface area (Å²) < 4.78 is 14.2. The monoisotopic (exact) mass is 324 g/mol. The van der Waals surface area contributed by atoms with Crippen molar-refractivity contribution in [2.75, 3.05) is 6.54 Å². The minimum Gasteiger partial charge on any atom is -0.304 e. The van der Waals surface area contributed by atoms with Crippen LogP contribution < -0.4 is 5.32 Å². The molecule has 1 N–H and O–H groups in total. The number of benzene rings is 1. The quantitative estimate of drug-likeness (QED) is 0.894. The van der Waals surface area contributed by atoms with Crippen molar-refractivity contribution >= 4 is 22.9 Å². The number of thiazole rings is 1. The Balaban J connectivity index is 2.01. The highest BCUT2D eigenvalue weighted by molar-refractivity contribution is 7.11. The maximum atomic E-state index is 14.2. The molecule has 5 heteroatoms. The zero-order chi connectivity index (χ0) is 14.8. The fraction of sp³-hybridized carbons (Fsp3) is 0.438. The predicted molar refractivity (Wildman–Crippen MR) is 85.7 cm³/mol. The standard InChI is InChI=1S/C16H18ClFN2S/c1-2-19-15(11-9-10(17)7-8-12(11)18)16-20-13-5-3-4-6-14(13)21-16/h7-9,15,19H,2-6H2,1H3. The van der Waals surface area contributed by atoms with Crippen LogP contribution in [-0.4, -0.2) is 11.5 Å². The van der Waals surface area contributed by atoms with Gasteiger partial charge in [0.15, 0.2) is 0 Å². The maximum Gasteiger partial charge on any atom is 0.128 e. The van der Waals surface area contributed by atoms with E-state index in [9.17, 15) is 4.39 Å². The van der Waals surface area contributed by atoms with Crippen LogP contribution in [0.4, 0.5) is 4.39 Å². The average Bonchev–Trinajstić information content (AvgIpc) is 2.91. The summed E-state index contributed by atoms with van der Waals surface area (Å²) in [6.07, 6.45) is 4.58. The Hall–Kier alpha value is -0.970. The van der Waals surface area contributed by atoms with Crippen molar-refractivity contribution in [2.45, 2.75) is 38.6 Å². The zero-order valence-electron chi connectivity index (χ0n) is 12.0. The third-order valence-corrected chi connectivity index (χ3v) is 5.24. The van der Waals surface area contributed by atoms with Gasteiger partial charge in [-0.2, -0.15) is 0 Å². The summed E-state index contributed by atoms with van der Waals surface area (Å²) in [5.74, 6) is -0.237. The van der Waals surface area contributed by atoms with Crippen molar-refractivity contribution < 1.29 is 4.39 Å². The third kappa shape index (κ3) is 3.12. The summed E-state index contributed by atoms with van der Waals surface area (Å²) in [7, 11) is 0. The van der Waals surface area contributed by atoms with Gasteiger partial charge in [-0.05, 0) is 50.4 Å². The normalized spacial score (nSPS) is 15.8. The Kier molecular flexibility index (Phi) is 4.57. The van der Waals surface area contributed by atoms with Gasteiger partial charge in [-0.15, -0.1) is 11.3 Å². The van der Waals surface area contributed by atoms with Gasteiger partial charge < -0.3 is 5.32 Å². The SMILES string of the molecule is CCNC(c1nc2c(s1)CCCC2)c1cc(Cl)ccc1F. The molecule has 1 heterocycles. The van der Waals surface area contributed by atoms with Gasteiger partial charge in [-0.1, -0.05) is 18.5 Å². The first-order valence-corrected chi connectivity index (χ1v) is 8.55. The van der Waals surface area contributed by atoms with Crippen molar-refractivity contribution in [2.24, 2.45) is 0 Å². The van der Waals surface area contributed by atoms with Crippen molar-refractivity contribution in [1.82, 2.24) is 10.3 Å². The molecular weight excluding hydrogens is 307 g/mol. The maximum absolute atomic E-state index is 14.2. The molecular formula is C16H18ClFN2S. The van der Waals surface area contributed by atoms with Crippen LogP contribution in [0.5, 0.6) is 0 Å². The van der Waals surface area contributed by atoms with Crippen LogP contribution in [0.15, 0.2) is 18.2 Å². The Morgan fingerprint density at radius 3 is 2.95 bits per heavy atom. The topological polar surface area (TPSA) is 24.9 Å². The number of aromatic nitrogens is 1. The average molecular weight is 325 g/mol. The van der Waals surface area contributed by atoms with Crippen LogP contribution in [0.25, 0.3) is 0 Å². The van der Waals surface area contributed by atoms with Gasteiger partial charge in [0.05, 0.1) is 11.7 Å². The number of rotatable bonds is 4. The first-order chi connectivity index (χ1) is 10.2. The van der Waals surface area contributed by atoms with Crippen LogP contribution in [-0.2, 0) is 12.8 Å². The zero-order valence-corrected chi connectivity index (χ0v) is 13.5. The van der Waals surface area contributed by atoms with E-state index in [-0.39, 0.29) is 11.9 Å². The molecule has 1 atom stereocenters. The smallest absolute Gasteiger partial charge is 0.128 e. The highest BCUT2D eigenvalue weighted by Gasteiger charge is 2.24. The molecule has 0 bridgehead atoms. The molecule has 1 unspecified atom stereocenters. The van der Waals surface area contributed by atoms with E-state index in [1.165, 1.54) is 29.5 Å². The first kappa shape index (κ1) is 14.9. The lowest BCUT2D eigenvalue weighted by molar-refractivity contribution is 0.556. The Morgan fingerprint density at radius 1 is 1.38 bits per heavy atom. The molecule has 1 aliphatic rings. The summed E-state index contributed by atoms with van der Waals surface area (Å²) in [6.45, 7) is 2.77. The minimum atomic E-state index is -0.237. The molecule has 0 saturated heterocycles. The number of fused-ring (bicyclic) bond motifs is 1. The largest absolute Gasteiger partial charge is 0.304 e. The minimum absolute atomic E-state index is 0.218. The molecule has 1 aliphatic carbocycles. The molecule has 0 spiro atoms. The molecule has 3 rings (SSSR count). The molecule has 0 saturated carbocycles. The number of halogens is 2. The molecule has 0 fully saturated rings. The number of nitrogens with zero attached hydrogens (tertiary/aromatic N) is 1. The molecule has 1 aromatic heterocycles. The summed E-state index contributed by atoms with van der Waals surface area (Å²) in [5.41, 5.74) is 1.78. The fourth-order valence-corrected chi connectivity index (χ4v) is 4.19. The van der Waals surface area contributed by atoms with Crippen LogP contribution in [0.3, 0.4) is 0 Å². The van der Waals surface area contributed by atoms with E-state index in [2.05, 4.69) is 5.32 Å². The van der Waals surface area contributed by atoms with E-state index in [1.807, 2.05) is 6.92 Å². The lowest BCUT2D eigenvalue weighted by Gasteiger charge is -2.17. The van der Waals surface area contributed by atoms with Crippen LogP contribution in [0.2, 0.25) is 5.02 Å². The van der Waals surface area contributed by atoms with Gasteiger partial charge in [-0.25, -0.2) is 9.37 Å². The molecule has 0 amide bonds. The number of hydrogen-bond donors (Lipinski definition) is 1. The molecule has 1 aromatic carbocycles. The van der Waals surface area contributed by atoms with Crippen molar-refractivity contribution in [1.29, 1.82) is 0 Å². The lowest BCUT2D eigenvalue weighted by Crippen LogP contribution is -2.23. The Morgan fingerprint density at radius 2 is 2.19 bits per heavy atom. The second-order valence-electron chi connectivity index (χ2n) is 5.29. The van der Waals surface area contributed by atoms with Crippen molar-refractivity contribution in [3.05, 3.63) is 50.2 Å². The molecule has 0 radical (unpaired) electrons. The number of nitrogens with one attached hydrogen (secondary N) is 1. The van der Waals surface area contributed by atoms with Crippen molar-refractivity contribution in [3.8, 4) is 0 Å². The van der Waals surface area contributed by atoms with E-state index in [0.717, 1.165) is 24.4 Å². The molecule has 21 heavy (non-hydrogen) atoms. The Bertz CT molecular complexity index is 618. The van der Waals surface area contributed by atoms with E-state index in [4.69, 9.17) is 16.6 Å². The van der Waals surface area contributed by atoms with Crippen molar-refractivity contribution in [3.63, 3.8) is 0 Å². The molecule has 0 aliphatic heterocycles.